The first-order valence-electron chi connectivity index (χ1n) is 8.15. The molecule has 0 saturated heterocycles. The lowest BCUT2D eigenvalue weighted by Crippen LogP contribution is -2.12. The minimum Gasteiger partial charge on any atom is -0.481 e. The van der Waals surface area contributed by atoms with E-state index in [1.165, 1.54) is 16.7 Å². The lowest BCUT2D eigenvalue weighted by molar-refractivity contribution is -0.139. The van der Waals surface area contributed by atoms with Gasteiger partial charge in [-0.1, -0.05) is 34.9 Å². The Hall–Kier alpha value is -1.35. The van der Waals surface area contributed by atoms with Crippen molar-refractivity contribution in [1.82, 2.24) is 0 Å². The number of hydrogen-bond acceptors (Lipinski definition) is 2. The van der Waals surface area contributed by atoms with E-state index in [0.29, 0.717) is 6.42 Å². The normalized spacial score (nSPS) is 13.9. The molecule has 0 radical (unpaired) electrons. The maximum atomic E-state index is 10.4. The van der Waals surface area contributed by atoms with Crippen LogP contribution in [0.4, 0.5) is 0 Å². The maximum Gasteiger partial charge on any atom is 0.305 e. The van der Waals surface area contributed by atoms with Crippen molar-refractivity contribution >= 4 is 5.97 Å². The highest BCUT2D eigenvalue weighted by molar-refractivity contribution is 5.67. The van der Waals surface area contributed by atoms with Gasteiger partial charge in [0.15, 0.2) is 0 Å². The Labute approximate surface area is 135 Å². The molecule has 0 aromatic rings. The minimum atomic E-state index is -0.943. The molecule has 3 nitrogen and oxygen atoms in total. The van der Waals surface area contributed by atoms with Crippen LogP contribution in [0.3, 0.4) is 0 Å². The standard InChI is InChI=1S/C19H32O3/c1-15(2)8-5-9-16(3)10-6-11-17(4)12-7-13-18(20)14-19(21)22/h8,10,12,18,20H,5-7,9,11,13-14H2,1-4H3,(H,21,22). The van der Waals surface area contributed by atoms with Crippen LogP contribution < -0.4 is 0 Å². The number of aliphatic hydroxyl groups excluding tert-OH is 1. The molecule has 0 aliphatic carbocycles. The average Bonchev–Trinajstić information content (AvgIpc) is 2.37. The largest absolute Gasteiger partial charge is 0.481 e. The molecule has 0 saturated carbocycles. The summed E-state index contributed by atoms with van der Waals surface area (Å²) in [5, 5.41) is 18.0. The van der Waals surface area contributed by atoms with Crippen LogP contribution in [0.2, 0.25) is 0 Å². The third-order valence-corrected chi connectivity index (χ3v) is 3.53. The van der Waals surface area contributed by atoms with Gasteiger partial charge in [0.1, 0.15) is 0 Å². The lowest BCUT2D eigenvalue weighted by Gasteiger charge is -2.06. The topological polar surface area (TPSA) is 57.5 Å². The van der Waals surface area contributed by atoms with E-state index in [1.807, 2.05) is 0 Å². The summed E-state index contributed by atoms with van der Waals surface area (Å²) in [7, 11) is 0. The van der Waals surface area contributed by atoms with Gasteiger partial charge in [-0.15, -0.1) is 0 Å². The van der Waals surface area contributed by atoms with Crippen molar-refractivity contribution in [3.8, 4) is 0 Å². The van der Waals surface area contributed by atoms with E-state index in [0.717, 1.165) is 32.1 Å². The van der Waals surface area contributed by atoms with Gasteiger partial charge in [0.05, 0.1) is 12.5 Å². The first-order chi connectivity index (χ1) is 10.3. The fourth-order valence-electron chi connectivity index (χ4n) is 2.16. The number of carbonyl (C=O) groups is 1. The molecule has 2 N–H and O–H groups in total. The predicted molar refractivity (Wildman–Crippen MR) is 92.9 cm³/mol. The number of carboxylic acid groups (broad SMARTS) is 1. The molecule has 1 atom stereocenters. The highest BCUT2D eigenvalue weighted by Gasteiger charge is 2.07. The van der Waals surface area contributed by atoms with Gasteiger partial charge >= 0.3 is 5.97 Å². The monoisotopic (exact) mass is 308 g/mol. The fraction of sp³-hybridized carbons (Fsp3) is 0.632. The van der Waals surface area contributed by atoms with Crippen molar-refractivity contribution in [1.29, 1.82) is 0 Å². The van der Waals surface area contributed by atoms with Crippen LogP contribution in [0.5, 0.6) is 0 Å². The molecular weight excluding hydrogens is 276 g/mol. The third-order valence-electron chi connectivity index (χ3n) is 3.53. The number of aliphatic carboxylic acids is 1. The Kier molecular flexibility index (Phi) is 11.5. The van der Waals surface area contributed by atoms with Crippen molar-refractivity contribution in [2.24, 2.45) is 0 Å². The molecule has 0 aromatic carbocycles. The molecule has 22 heavy (non-hydrogen) atoms. The third kappa shape index (κ3) is 13.6. The Morgan fingerprint density at radius 1 is 0.909 bits per heavy atom. The van der Waals surface area contributed by atoms with Crippen molar-refractivity contribution in [2.75, 3.05) is 0 Å². The van der Waals surface area contributed by atoms with Crippen molar-refractivity contribution in [3.63, 3.8) is 0 Å². The summed E-state index contributed by atoms with van der Waals surface area (Å²) < 4.78 is 0. The molecule has 0 aliphatic rings. The van der Waals surface area contributed by atoms with Crippen LogP contribution >= 0.6 is 0 Å². The molecule has 0 bridgehead atoms. The summed E-state index contributed by atoms with van der Waals surface area (Å²) >= 11 is 0. The second-order valence-corrected chi connectivity index (χ2v) is 6.29. The van der Waals surface area contributed by atoms with Crippen LogP contribution in [-0.4, -0.2) is 22.3 Å². The van der Waals surface area contributed by atoms with Crippen LogP contribution in [0.1, 0.15) is 72.6 Å². The summed E-state index contributed by atoms with van der Waals surface area (Å²) in [6, 6.07) is 0. The Bertz CT molecular complexity index is 412. The Morgan fingerprint density at radius 2 is 1.41 bits per heavy atom. The second kappa shape index (κ2) is 12.2. The summed E-state index contributed by atoms with van der Waals surface area (Å²) in [4.78, 5) is 10.4. The molecule has 0 amide bonds. The maximum absolute atomic E-state index is 10.4. The predicted octanol–water partition coefficient (Wildman–Crippen LogP) is 5.02. The zero-order valence-corrected chi connectivity index (χ0v) is 14.6. The molecule has 0 rings (SSSR count). The van der Waals surface area contributed by atoms with Gasteiger partial charge < -0.3 is 10.2 Å². The number of aliphatic hydroxyl groups is 1. The smallest absolute Gasteiger partial charge is 0.305 e. The molecule has 126 valence electrons. The summed E-state index contributed by atoms with van der Waals surface area (Å²) in [6.07, 6.45) is 11.3. The van der Waals surface area contributed by atoms with Gasteiger partial charge in [-0.05, 0) is 66.2 Å². The first kappa shape index (κ1) is 20.6. The Morgan fingerprint density at radius 3 is 1.91 bits per heavy atom. The molecule has 3 heteroatoms. The van der Waals surface area contributed by atoms with E-state index >= 15 is 0 Å². The van der Waals surface area contributed by atoms with Crippen molar-refractivity contribution in [3.05, 3.63) is 34.9 Å². The van der Waals surface area contributed by atoms with Gasteiger partial charge in [0, 0.05) is 0 Å². The van der Waals surface area contributed by atoms with E-state index in [9.17, 15) is 9.90 Å². The van der Waals surface area contributed by atoms with E-state index in [1.54, 1.807) is 0 Å². The molecule has 0 fully saturated rings. The number of carboxylic acids is 1. The highest BCUT2D eigenvalue weighted by atomic mass is 16.4. The zero-order chi connectivity index (χ0) is 17.0. The number of allylic oxidation sites excluding steroid dienone is 6. The number of hydrogen-bond donors (Lipinski definition) is 2. The highest BCUT2D eigenvalue weighted by Crippen LogP contribution is 2.13. The first-order valence-corrected chi connectivity index (χ1v) is 8.15. The lowest BCUT2D eigenvalue weighted by atomic mass is 10.0. The fourth-order valence-corrected chi connectivity index (χ4v) is 2.16. The van der Waals surface area contributed by atoms with E-state index in [-0.39, 0.29) is 6.42 Å². The summed E-state index contributed by atoms with van der Waals surface area (Å²) in [6.45, 7) is 8.53. The molecule has 0 spiro atoms. The quantitative estimate of drug-likeness (QED) is 0.527. The molecule has 0 heterocycles. The van der Waals surface area contributed by atoms with E-state index in [4.69, 9.17) is 5.11 Å². The zero-order valence-electron chi connectivity index (χ0n) is 14.6. The van der Waals surface area contributed by atoms with Crippen molar-refractivity contribution < 1.29 is 15.0 Å². The minimum absolute atomic E-state index is 0.166. The summed E-state index contributed by atoms with van der Waals surface area (Å²) in [5.74, 6) is -0.943. The van der Waals surface area contributed by atoms with Crippen LogP contribution in [0.25, 0.3) is 0 Å². The van der Waals surface area contributed by atoms with Gasteiger partial charge in [0.2, 0.25) is 0 Å². The van der Waals surface area contributed by atoms with Gasteiger partial charge in [0.25, 0.3) is 0 Å². The number of rotatable bonds is 11. The van der Waals surface area contributed by atoms with Crippen LogP contribution in [0, 0.1) is 0 Å². The van der Waals surface area contributed by atoms with Crippen LogP contribution in [0.15, 0.2) is 34.9 Å². The molecular formula is C19H32O3. The second-order valence-electron chi connectivity index (χ2n) is 6.29. The van der Waals surface area contributed by atoms with Gasteiger partial charge in [-0.2, -0.15) is 0 Å². The van der Waals surface area contributed by atoms with E-state index in [2.05, 4.69) is 45.9 Å². The van der Waals surface area contributed by atoms with E-state index < -0.39 is 12.1 Å². The molecule has 0 aromatic heterocycles. The SMILES string of the molecule is CC(C)=CCCC(C)=CCCC(C)=CCCC(O)CC(=O)O. The van der Waals surface area contributed by atoms with Gasteiger partial charge in [-0.25, -0.2) is 0 Å². The van der Waals surface area contributed by atoms with Crippen molar-refractivity contribution in [2.45, 2.75) is 78.7 Å². The molecule has 1 unspecified atom stereocenters. The van der Waals surface area contributed by atoms with Crippen LogP contribution in [-0.2, 0) is 4.79 Å². The Balaban J connectivity index is 3.91. The summed E-state index contributed by atoms with van der Waals surface area (Å²) in [5.41, 5.74) is 4.11. The average molecular weight is 308 g/mol. The molecule has 0 aliphatic heterocycles. The van der Waals surface area contributed by atoms with Gasteiger partial charge in [-0.3, -0.25) is 4.79 Å².